The topological polar surface area (TPSA) is 61.4 Å². The first-order chi connectivity index (χ1) is 9.45. The molecule has 2 rings (SSSR count). The monoisotopic (exact) mass is 275 g/mol. The number of carbonyl (C=O) groups excluding carboxylic acids is 2. The summed E-state index contributed by atoms with van der Waals surface area (Å²) in [7, 11) is 0. The highest BCUT2D eigenvalue weighted by atomic mass is 16.2. The van der Waals surface area contributed by atoms with E-state index >= 15 is 0 Å². The summed E-state index contributed by atoms with van der Waals surface area (Å²) in [5.41, 5.74) is 1.46. The number of hydrogen-bond acceptors (Lipinski definition) is 3. The van der Waals surface area contributed by atoms with Crippen LogP contribution in [0.25, 0.3) is 0 Å². The maximum absolute atomic E-state index is 11.9. The molecule has 0 unspecified atom stereocenters. The van der Waals surface area contributed by atoms with Gasteiger partial charge in [0.1, 0.15) is 0 Å². The van der Waals surface area contributed by atoms with E-state index in [1.165, 1.54) is 6.92 Å². The Morgan fingerprint density at radius 2 is 1.70 bits per heavy atom. The second-order valence-electron chi connectivity index (χ2n) is 5.45. The van der Waals surface area contributed by atoms with Gasteiger partial charge in [-0.1, -0.05) is 6.92 Å². The highest BCUT2D eigenvalue weighted by Crippen LogP contribution is 2.23. The molecule has 5 nitrogen and oxygen atoms in total. The molecule has 1 aliphatic rings. The normalized spacial score (nSPS) is 21.9. The number of benzene rings is 1. The van der Waals surface area contributed by atoms with E-state index in [-0.39, 0.29) is 11.8 Å². The van der Waals surface area contributed by atoms with Crippen molar-refractivity contribution in [2.24, 2.45) is 5.92 Å². The minimum absolute atomic E-state index is 0.00368. The third-order valence-corrected chi connectivity index (χ3v) is 3.76. The molecule has 20 heavy (non-hydrogen) atoms. The van der Waals surface area contributed by atoms with E-state index in [1.54, 1.807) is 24.3 Å². The number of hydrogen-bond donors (Lipinski definition) is 2. The molecule has 0 aromatic heterocycles. The second kappa shape index (κ2) is 6.05. The molecule has 1 heterocycles. The van der Waals surface area contributed by atoms with Gasteiger partial charge in [0.05, 0.1) is 6.54 Å². The minimum Gasteiger partial charge on any atom is -0.326 e. The van der Waals surface area contributed by atoms with Crippen molar-refractivity contribution in [1.82, 2.24) is 4.90 Å². The molecule has 0 radical (unpaired) electrons. The van der Waals surface area contributed by atoms with Crippen molar-refractivity contribution in [2.45, 2.75) is 26.8 Å². The lowest BCUT2D eigenvalue weighted by molar-refractivity contribution is -0.120. The lowest BCUT2D eigenvalue weighted by atomic mass is 9.92. The van der Waals surface area contributed by atoms with Crippen molar-refractivity contribution in [1.29, 1.82) is 0 Å². The predicted molar refractivity (Wildman–Crippen MR) is 79.6 cm³/mol. The number of nitrogens with zero attached hydrogens (tertiary/aromatic N) is 1. The average molecular weight is 275 g/mol. The fourth-order valence-electron chi connectivity index (χ4n) is 2.34. The van der Waals surface area contributed by atoms with Gasteiger partial charge in [0.25, 0.3) is 0 Å². The van der Waals surface area contributed by atoms with Crippen LogP contribution in [0.5, 0.6) is 0 Å². The lowest BCUT2D eigenvalue weighted by Crippen LogP contribution is -2.55. The quantitative estimate of drug-likeness (QED) is 0.882. The van der Waals surface area contributed by atoms with Crippen LogP contribution in [0, 0.1) is 5.92 Å². The fourth-order valence-corrected chi connectivity index (χ4v) is 2.34. The zero-order valence-corrected chi connectivity index (χ0v) is 12.1. The predicted octanol–water partition coefficient (Wildman–Crippen LogP) is 1.92. The molecule has 2 N–H and O–H groups in total. The Bertz CT molecular complexity index is 498. The SMILES string of the molecule is CC(=O)Nc1ccc(NC(=O)CN2C[C@@H](C)[C@@H]2C)cc1. The Hall–Kier alpha value is -1.88. The lowest BCUT2D eigenvalue weighted by Gasteiger charge is -2.44. The first-order valence-corrected chi connectivity index (χ1v) is 6.87. The molecule has 0 bridgehead atoms. The first-order valence-electron chi connectivity index (χ1n) is 6.87. The van der Waals surface area contributed by atoms with Crippen molar-refractivity contribution in [2.75, 3.05) is 23.7 Å². The van der Waals surface area contributed by atoms with Crippen LogP contribution >= 0.6 is 0 Å². The van der Waals surface area contributed by atoms with Crippen molar-refractivity contribution >= 4 is 23.2 Å². The van der Waals surface area contributed by atoms with E-state index in [0.717, 1.165) is 17.9 Å². The zero-order valence-electron chi connectivity index (χ0n) is 12.1. The molecular weight excluding hydrogens is 254 g/mol. The molecule has 1 fully saturated rings. The van der Waals surface area contributed by atoms with Gasteiger partial charge < -0.3 is 10.6 Å². The summed E-state index contributed by atoms with van der Waals surface area (Å²) in [5.74, 6) is 0.554. The molecule has 1 aliphatic heterocycles. The second-order valence-corrected chi connectivity index (χ2v) is 5.45. The Morgan fingerprint density at radius 1 is 1.15 bits per heavy atom. The molecule has 5 heteroatoms. The van der Waals surface area contributed by atoms with E-state index in [0.29, 0.717) is 18.5 Å². The van der Waals surface area contributed by atoms with Gasteiger partial charge >= 0.3 is 0 Å². The molecule has 108 valence electrons. The molecule has 2 atom stereocenters. The van der Waals surface area contributed by atoms with Crippen LogP contribution in [0.15, 0.2) is 24.3 Å². The molecule has 1 aromatic carbocycles. The number of amides is 2. The van der Waals surface area contributed by atoms with E-state index in [1.807, 2.05) is 0 Å². The van der Waals surface area contributed by atoms with Gasteiger partial charge in [-0.3, -0.25) is 14.5 Å². The maximum Gasteiger partial charge on any atom is 0.238 e. The van der Waals surface area contributed by atoms with Crippen LogP contribution in [-0.4, -0.2) is 35.8 Å². The largest absolute Gasteiger partial charge is 0.326 e. The molecule has 2 amide bonds. The summed E-state index contributed by atoms with van der Waals surface area (Å²) in [6.45, 7) is 7.21. The summed E-state index contributed by atoms with van der Waals surface area (Å²) < 4.78 is 0. The fraction of sp³-hybridized carbons (Fsp3) is 0.467. The molecule has 1 aromatic rings. The first kappa shape index (κ1) is 14.5. The Morgan fingerprint density at radius 3 is 2.15 bits per heavy atom. The standard InChI is InChI=1S/C15H21N3O2/c1-10-8-18(11(10)2)9-15(20)17-14-6-4-13(5-7-14)16-12(3)19/h4-7,10-11H,8-9H2,1-3H3,(H,16,19)(H,17,20)/t10-,11+/m1/s1. The van der Waals surface area contributed by atoms with E-state index in [9.17, 15) is 9.59 Å². The highest BCUT2D eigenvalue weighted by Gasteiger charge is 2.32. The van der Waals surface area contributed by atoms with Gasteiger partial charge in [0.15, 0.2) is 0 Å². The Balaban J connectivity index is 1.83. The van der Waals surface area contributed by atoms with Gasteiger partial charge in [0.2, 0.25) is 11.8 Å². The summed E-state index contributed by atoms with van der Waals surface area (Å²) in [4.78, 5) is 25.0. The highest BCUT2D eigenvalue weighted by molar-refractivity contribution is 5.93. The van der Waals surface area contributed by atoms with Gasteiger partial charge in [-0.15, -0.1) is 0 Å². The van der Waals surface area contributed by atoms with E-state index in [2.05, 4.69) is 29.4 Å². The number of rotatable bonds is 4. The van der Waals surface area contributed by atoms with Gasteiger partial charge in [0, 0.05) is 30.9 Å². The number of nitrogens with one attached hydrogen (secondary N) is 2. The summed E-state index contributed by atoms with van der Waals surface area (Å²) in [6, 6.07) is 7.58. The van der Waals surface area contributed by atoms with Gasteiger partial charge in [-0.2, -0.15) is 0 Å². The molecule has 0 aliphatic carbocycles. The number of anilines is 2. The van der Waals surface area contributed by atoms with Gasteiger partial charge in [-0.25, -0.2) is 0 Å². The smallest absolute Gasteiger partial charge is 0.238 e. The molecule has 0 saturated carbocycles. The van der Waals surface area contributed by atoms with E-state index < -0.39 is 0 Å². The van der Waals surface area contributed by atoms with Gasteiger partial charge in [-0.05, 0) is 37.1 Å². The van der Waals surface area contributed by atoms with Crippen LogP contribution in [0.4, 0.5) is 11.4 Å². The third-order valence-electron chi connectivity index (χ3n) is 3.76. The van der Waals surface area contributed by atoms with Crippen molar-refractivity contribution in [3.63, 3.8) is 0 Å². The van der Waals surface area contributed by atoms with E-state index in [4.69, 9.17) is 0 Å². The van der Waals surface area contributed by atoms with Crippen LogP contribution in [-0.2, 0) is 9.59 Å². The maximum atomic E-state index is 11.9. The third kappa shape index (κ3) is 3.57. The van der Waals surface area contributed by atoms with Crippen LogP contribution in [0.1, 0.15) is 20.8 Å². The van der Waals surface area contributed by atoms with Crippen LogP contribution in [0.3, 0.4) is 0 Å². The number of carbonyl (C=O) groups is 2. The van der Waals surface area contributed by atoms with Crippen molar-refractivity contribution < 1.29 is 9.59 Å². The zero-order chi connectivity index (χ0) is 14.7. The van der Waals surface area contributed by atoms with Crippen molar-refractivity contribution in [3.05, 3.63) is 24.3 Å². The Kier molecular flexibility index (Phi) is 4.39. The van der Waals surface area contributed by atoms with Crippen molar-refractivity contribution in [3.8, 4) is 0 Å². The average Bonchev–Trinajstić information content (AvgIpc) is 2.40. The van der Waals surface area contributed by atoms with Crippen LogP contribution in [0.2, 0.25) is 0 Å². The van der Waals surface area contributed by atoms with Crippen LogP contribution < -0.4 is 10.6 Å². The summed E-state index contributed by atoms with van der Waals surface area (Å²) >= 11 is 0. The minimum atomic E-state index is -0.109. The number of likely N-dealkylation sites (tertiary alicyclic amines) is 1. The Labute approximate surface area is 119 Å². The molecule has 1 saturated heterocycles. The molecule has 0 spiro atoms. The molecular formula is C15H21N3O2. The summed E-state index contributed by atoms with van der Waals surface area (Å²) in [5, 5.41) is 5.55. The summed E-state index contributed by atoms with van der Waals surface area (Å²) in [6.07, 6.45) is 0.